The average molecular weight is 521 g/mol. The molecule has 1 saturated heterocycles. The quantitative estimate of drug-likeness (QED) is 0.182. The molecular weight excluding hydrogens is 488 g/mol. The topological polar surface area (TPSA) is 216 Å². The number of rotatable bonds is 14. The molecule has 1 aromatic rings. The zero-order valence-electron chi connectivity index (χ0n) is 20.2. The van der Waals surface area contributed by atoms with E-state index in [0.29, 0.717) is 12.0 Å². The summed E-state index contributed by atoms with van der Waals surface area (Å²) < 4.78 is 0. The Bertz CT molecular complexity index is 1000. The van der Waals surface area contributed by atoms with E-state index in [1.807, 2.05) is 0 Å². The number of carbonyl (C=O) groups excluding carboxylic acids is 3. The van der Waals surface area contributed by atoms with Crippen LogP contribution in [0.4, 0.5) is 0 Å². The van der Waals surface area contributed by atoms with Gasteiger partial charge in [0, 0.05) is 25.8 Å². The van der Waals surface area contributed by atoms with E-state index in [0.717, 1.165) is 4.90 Å². The number of hydrogen-bond donors (Lipinski definition) is 6. The fourth-order valence-corrected chi connectivity index (χ4v) is 4.03. The van der Waals surface area contributed by atoms with Crippen LogP contribution in [0.2, 0.25) is 0 Å². The minimum absolute atomic E-state index is 0.00533. The van der Waals surface area contributed by atoms with Crippen molar-refractivity contribution in [2.75, 3.05) is 6.54 Å². The van der Waals surface area contributed by atoms with Crippen LogP contribution in [0.3, 0.4) is 0 Å². The van der Waals surface area contributed by atoms with Gasteiger partial charge in [0.1, 0.15) is 18.1 Å². The largest absolute Gasteiger partial charge is 0.481 e. The Morgan fingerprint density at radius 2 is 1.49 bits per heavy atom. The van der Waals surface area contributed by atoms with Gasteiger partial charge in [-0.25, -0.2) is 4.79 Å². The first-order valence-electron chi connectivity index (χ1n) is 11.9. The molecule has 13 heteroatoms. The van der Waals surface area contributed by atoms with E-state index < -0.39 is 66.2 Å². The molecule has 0 spiro atoms. The van der Waals surface area contributed by atoms with Crippen LogP contribution in [-0.2, 0) is 35.2 Å². The lowest BCUT2D eigenvalue weighted by Crippen LogP contribution is -2.57. The van der Waals surface area contributed by atoms with Gasteiger partial charge in [-0.3, -0.25) is 24.0 Å². The molecule has 1 aliphatic heterocycles. The summed E-state index contributed by atoms with van der Waals surface area (Å²) in [6.07, 6.45) is -0.566. The molecular formula is C24H32N4O9. The number of nitrogens with zero attached hydrogens (tertiary/aromatic N) is 1. The molecule has 202 valence electrons. The molecule has 37 heavy (non-hydrogen) atoms. The third kappa shape index (κ3) is 9.18. The van der Waals surface area contributed by atoms with Crippen LogP contribution >= 0.6 is 0 Å². The lowest BCUT2D eigenvalue weighted by atomic mass is 10.0. The van der Waals surface area contributed by atoms with Crippen molar-refractivity contribution < 1.29 is 44.1 Å². The summed E-state index contributed by atoms with van der Waals surface area (Å²) >= 11 is 0. The number of nitrogens with two attached hydrogens (primary N) is 1. The van der Waals surface area contributed by atoms with E-state index in [9.17, 15) is 33.9 Å². The number of nitrogens with one attached hydrogen (secondary N) is 2. The summed E-state index contributed by atoms with van der Waals surface area (Å²) in [6.45, 7) is 0.151. The second-order valence-electron chi connectivity index (χ2n) is 8.81. The fourth-order valence-electron chi connectivity index (χ4n) is 4.03. The molecule has 1 heterocycles. The van der Waals surface area contributed by atoms with Crippen molar-refractivity contribution in [2.24, 2.45) is 5.73 Å². The Hall–Kier alpha value is -4.00. The number of carbonyl (C=O) groups is 6. The van der Waals surface area contributed by atoms with Crippen molar-refractivity contribution in [1.29, 1.82) is 0 Å². The van der Waals surface area contributed by atoms with Crippen molar-refractivity contribution in [3.63, 3.8) is 0 Å². The molecule has 0 saturated carbocycles. The smallest absolute Gasteiger partial charge is 0.326 e. The van der Waals surface area contributed by atoms with Crippen LogP contribution in [0.1, 0.15) is 44.1 Å². The maximum atomic E-state index is 13.3. The standard InChI is InChI=1S/C24H32N4O9/c25-15(8-10-19(29)30)21(33)27-17(13-14-5-2-1-3-6-14)22(34)26-16(9-11-20(31)32)23(35)28-12-4-7-18(28)24(36)37/h1-3,5-6,15-18H,4,7-13,25H2,(H,26,34)(H,27,33)(H,29,30)(H,31,32)(H,36,37). The van der Waals surface area contributed by atoms with Crippen molar-refractivity contribution in [1.82, 2.24) is 15.5 Å². The number of aliphatic carboxylic acids is 3. The third-order valence-corrected chi connectivity index (χ3v) is 6.00. The van der Waals surface area contributed by atoms with Crippen molar-refractivity contribution in [3.05, 3.63) is 35.9 Å². The zero-order chi connectivity index (χ0) is 27.5. The van der Waals surface area contributed by atoms with Gasteiger partial charge in [-0.2, -0.15) is 0 Å². The fraction of sp³-hybridized carbons (Fsp3) is 0.500. The first kappa shape index (κ1) is 29.2. The highest BCUT2D eigenvalue weighted by molar-refractivity contribution is 5.94. The molecule has 0 aromatic heterocycles. The first-order valence-corrected chi connectivity index (χ1v) is 11.9. The predicted octanol–water partition coefficient (Wildman–Crippen LogP) is -0.669. The zero-order valence-corrected chi connectivity index (χ0v) is 20.2. The Morgan fingerprint density at radius 3 is 2.08 bits per heavy atom. The minimum Gasteiger partial charge on any atom is -0.481 e. The third-order valence-electron chi connectivity index (χ3n) is 6.00. The molecule has 0 radical (unpaired) electrons. The van der Waals surface area contributed by atoms with E-state index in [4.69, 9.17) is 15.9 Å². The molecule has 1 aliphatic rings. The van der Waals surface area contributed by atoms with Crippen LogP contribution in [-0.4, -0.2) is 86.6 Å². The number of hydrogen-bond acceptors (Lipinski definition) is 7. The summed E-state index contributed by atoms with van der Waals surface area (Å²) in [7, 11) is 0. The number of likely N-dealkylation sites (tertiary alicyclic amines) is 1. The number of benzene rings is 1. The maximum absolute atomic E-state index is 13.3. The van der Waals surface area contributed by atoms with E-state index >= 15 is 0 Å². The summed E-state index contributed by atoms with van der Waals surface area (Å²) in [5, 5.41) is 32.3. The van der Waals surface area contributed by atoms with Gasteiger partial charge in [0.2, 0.25) is 17.7 Å². The molecule has 4 unspecified atom stereocenters. The van der Waals surface area contributed by atoms with Gasteiger partial charge >= 0.3 is 17.9 Å². The van der Waals surface area contributed by atoms with E-state index in [-0.39, 0.29) is 38.6 Å². The monoisotopic (exact) mass is 520 g/mol. The van der Waals surface area contributed by atoms with E-state index in [1.165, 1.54) is 0 Å². The Morgan fingerprint density at radius 1 is 0.892 bits per heavy atom. The molecule has 0 aliphatic carbocycles. The SMILES string of the molecule is NC(CCC(=O)O)C(=O)NC(Cc1ccccc1)C(=O)NC(CCC(=O)O)C(=O)N1CCCC1C(=O)O. The van der Waals surface area contributed by atoms with Gasteiger partial charge in [0.05, 0.1) is 6.04 Å². The van der Waals surface area contributed by atoms with E-state index in [2.05, 4.69) is 10.6 Å². The predicted molar refractivity (Wildman–Crippen MR) is 128 cm³/mol. The maximum Gasteiger partial charge on any atom is 0.326 e. The van der Waals surface area contributed by atoms with Gasteiger partial charge in [-0.15, -0.1) is 0 Å². The van der Waals surface area contributed by atoms with Crippen molar-refractivity contribution in [3.8, 4) is 0 Å². The number of carboxylic acid groups (broad SMARTS) is 3. The minimum atomic E-state index is -1.33. The molecule has 13 nitrogen and oxygen atoms in total. The highest BCUT2D eigenvalue weighted by Gasteiger charge is 2.38. The Labute approximate surface area is 213 Å². The normalized spacial score (nSPS) is 17.3. The van der Waals surface area contributed by atoms with Gasteiger partial charge in [-0.1, -0.05) is 30.3 Å². The Balaban J connectivity index is 2.23. The number of carboxylic acids is 3. The van der Waals surface area contributed by atoms with Crippen LogP contribution in [0.5, 0.6) is 0 Å². The van der Waals surface area contributed by atoms with Gasteiger partial charge < -0.3 is 36.6 Å². The van der Waals surface area contributed by atoms with Crippen LogP contribution in [0, 0.1) is 0 Å². The molecule has 1 fully saturated rings. The molecule has 3 amide bonds. The first-order chi connectivity index (χ1) is 17.5. The highest BCUT2D eigenvalue weighted by atomic mass is 16.4. The van der Waals surface area contributed by atoms with Gasteiger partial charge in [-0.05, 0) is 31.2 Å². The van der Waals surface area contributed by atoms with Gasteiger partial charge in [0.15, 0.2) is 0 Å². The van der Waals surface area contributed by atoms with Crippen LogP contribution < -0.4 is 16.4 Å². The lowest BCUT2D eigenvalue weighted by Gasteiger charge is -2.29. The molecule has 0 bridgehead atoms. The summed E-state index contributed by atoms with van der Waals surface area (Å²) in [6, 6.07) is 3.80. The lowest BCUT2D eigenvalue weighted by molar-refractivity contribution is -0.150. The van der Waals surface area contributed by atoms with Gasteiger partial charge in [0.25, 0.3) is 0 Å². The molecule has 4 atom stereocenters. The Kier molecular flexibility index (Phi) is 11.0. The van der Waals surface area contributed by atoms with Crippen molar-refractivity contribution >= 4 is 35.6 Å². The average Bonchev–Trinajstić information content (AvgIpc) is 3.35. The molecule has 7 N–H and O–H groups in total. The molecule has 1 aromatic carbocycles. The molecule has 2 rings (SSSR count). The summed E-state index contributed by atoms with van der Waals surface area (Å²) in [4.78, 5) is 73.7. The van der Waals surface area contributed by atoms with Crippen LogP contribution in [0.15, 0.2) is 30.3 Å². The second-order valence-corrected chi connectivity index (χ2v) is 8.81. The van der Waals surface area contributed by atoms with Crippen molar-refractivity contribution in [2.45, 2.75) is 69.1 Å². The summed E-state index contributed by atoms with van der Waals surface area (Å²) in [5.74, 6) is -5.82. The second kappa shape index (κ2) is 13.9. The summed E-state index contributed by atoms with van der Waals surface area (Å²) in [5.41, 5.74) is 6.44. The van der Waals surface area contributed by atoms with E-state index in [1.54, 1.807) is 30.3 Å². The van der Waals surface area contributed by atoms with Crippen LogP contribution in [0.25, 0.3) is 0 Å². The number of amides is 3. The highest BCUT2D eigenvalue weighted by Crippen LogP contribution is 2.20.